The molecular formula is C54H52N2. The lowest BCUT2D eigenvalue weighted by atomic mass is 10.0. The van der Waals surface area contributed by atoms with Crippen LogP contribution in [0.3, 0.4) is 0 Å². The predicted octanol–water partition coefficient (Wildman–Crippen LogP) is 15.8. The number of anilines is 6. The fourth-order valence-corrected chi connectivity index (χ4v) is 7.02. The third kappa shape index (κ3) is 9.28. The molecule has 2 nitrogen and oxygen atoms in total. The van der Waals surface area contributed by atoms with Crippen LogP contribution in [0.15, 0.2) is 170 Å². The number of hydrogen-bond donors (Lipinski definition) is 0. The topological polar surface area (TPSA) is 6.48 Å². The Hall–Kier alpha value is -6.38. The van der Waals surface area contributed by atoms with Gasteiger partial charge in [0.2, 0.25) is 0 Å². The molecule has 0 fully saturated rings. The Bertz CT molecular complexity index is 2220. The first-order valence-corrected chi connectivity index (χ1v) is 19.8. The molecule has 0 saturated heterocycles. The SMILES string of the molecule is Cc1cccc(N(c2ccc(C=Cc3ccc(C=Cc4ccc(N(c5ccc(C(C)C)cc5)c5cccc(C)c5)cc4)cc3)cc2)c2ccc(C(C)C)cc2)c1. The van der Waals surface area contributed by atoms with Crippen LogP contribution in [0.4, 0.5) is 34.1 Å². The molecule has 0 N–H and O–H groups in total. The molecule has 0 aliphatic carbocycles. The smallest absolute Gasteiger partial charge is 0.0464 e. The summed E-state index contributed by atoms with van der Waals surface area (Å²) in [5.41, 5.74) is 16.7. The van der Waals surface area contributed by atoms with Gasteiger partial charge in [-0.05, 0) is 143 Å². The van der Waals surface area contributed by atoms with Gasteiger partial charge >= 0.3 is 0 Å². The lowest BCUT2D eigenvalue weighted by molar-refractivity contribution is 0.866. The minimum atomic E-state index is 0.500. The van der Waals surface area contributed by atoms with Gasteiger partial charge in [0.1, 0.15) is 0 Å². The van der Waals surface area contributed by atoms with Gasteiger partial charge in [-0.15, -0.1) is 0 Å². The van der Waals surface area contributed by atoms with Crippen LogP contribution in [0.1, 0.15) is 84.0 Å². The first-order valence-electron chi connectivity index (χ1n) is 19.8. The molecule has 7 aromatic carbocycles. The van der Waals surface area contributed by atoms with Crippen LogP contribution in [0.5, 0.6) is 0 Å². The summed E-state index contributed by atoms with van der Waals surface area (Å²) in [6, 6.07) is 61.6. The highest BCUT2D eigenvalue weighted by atomic mass is 15.1. The molecule has 0 aliphatic heterocycles. The van der Waals surface area contributed by atoms with Crippen molar-refractivity contribution in [2.75, 3.05) is 9.80 Å². The number of nitrogens with zero attached hydrogens (tertiary/aromatic N) is 2. The lowest BCUT2D eigenvalue weighted by Crippen LogP contribution is -2.10. The van der Waals surface area contributed by atoms with Gasteiger partial charge in [0.15, 0.2) is 0 Å². The molecule has 0 heterocycles. The molecule has 0 spiro atoms. The van der Waals surface area contributed by atoms with Crippen molar-refractivity contribution in [2.24, 2.45) is 0 Å². The standard InChI is InChI=1S/C54H52N2/c1-39(2)47-25-33-51(34-26-47)55(53-11-7-9-41(5)37-53)49-29-21-45(22-30-49)19-17-43-13-15-44(16-14-43)18-20-46-23-31-50(32-24-46)56(54-12-8-10-42(6)38-54)52-35-27-48(28-36-52)40(3)4/h7-40H,1-6H3. The second kappa shape index (κ2) is 17.4. The molecule has 7 aromatic rings. The summed E-state index contributed by atoms with van der Waals surface area (Å²) < 4.78 is 0. The van der Waals surface area contributed by atoms with Gasteiger partial charge in [-0.1, -0.05) is 149 Å². The van der Waals surface area contributed by atoms with E-state index in [-0.39, 0.29) is 0 Å². The van der Waals surface area contributed by atoms with Gasteiger partial charge < -0.3 is 9.80 Å². The van der Waals surface area contributed by atoms with Gasteiger partial charge in [-0.25, -0.2) is 0 Å². The van der Waals surface area contributed by atoms with E-state index >= 15 is 0 Å². The molecule has 2 heteroatoms. The van der Waals surface area contributed by atoms with Crippen molar-refractivity contribution >= 4 is 58.4 Å². The molecule has 0 aliphatic rings. The van der Waals surface area contributed by atoms with Crippen LogP contribution in [-0.2, 0) is 0 Å². The van der Waals surface area contributed by atoms with E-state index in [4.69, 9.17) is 0 Å². The van der Waals surface area contributed by atoms with Crippen LogP contribution >= 0.6 is 0 Å². The second-order valence-corrected chi connectivity index (χ2v) is 15.4. The summed E-state index contributed by atoms with van der Waals surface area (Å²) in [7, 11) is 0. The van der Waals surface area contributed by atoms with Crippen LogP contribution in [0.25, 0.3) is 24.3 Å². The Labute approximate surface area is 334 Å². The maximum absolute atomic E-state index is 2.33. The highest BCUT2D eigenvalue weighted by molar-refractivity contribution is 5.80. The molecule has 56 heavy (non-hydrogen) atoms. The quantitative estimate of drug-likeness (QED) is 0.116. The van der Waals surface area contributed by atoms with Crippen LogP contribution < -0.4 is 9.80 Å². The predicted molar refractivity (Wildman–Crippen MR) is 244 cm³/mol. The summed E-state index contributed by atoms with van der Waals surface area (Å²) in [5.74, 6) is 1.00. The maximum Gasteiger partial charge on any atom is 0.0464 e. The zero-order valence-corrected chi connectivity index (χ0v) is 33.5. The van der Waals surface area contributed by atoms with Crippen molar-refractivity contribution in [3.8, 4) is 0 Å². The molecule has 278 valence electrons. The molecular weight excluding hydrogens is 677 g/mol. The van der Waals surface area contributed by atoms with E-state index in [0.717, 1.165) is 45.3 Å². The zero-order valence-electron chi connectivity index (χ0n) is 33.5. The number of benzene rings is 7. The Morgan fingerprint density at radius 3 is 0.857 bits per heavy atom. The minimum absolute atomic E-state index is 0.500. The fourth-order valence-electron chi connectivity index (χ4n) is 7.02. The number of hydrogen-bond acceptors (Lipinski definition) is 2. The van der Waals surface area contributed by atoms with Gasteiger partial charge in [0, 0.05) is 34.1 Å². The Morgan fingerprint density at radius 1 is 0.321 bits per heavy atom. The monoisotopic (exact) mass is 728 g/mol. The Morgan fingerprint density at radius 2 is 0.589 bits per heavy atom. The highest BCUT2D eigenvalue weighted by Crippen LogP contribution is 2.37. The van der Waals surface area contributed by atoms with Crippen molar-refractivity contribution in [2.45, 2.75) is 53.4 Å². The van der Waals surface area contributed by atoms with E-state index in [0.29, 0.717) is 11.8 Å². The van der Waals surface area contributed by atoms with Gasteiger partial charge in [-0.3, -0.25) is 0 Å². The Balaban J connectivity index is 1.03. The third-order valence-electron chi connectivity index (χ3n) is 10.3. The zero-order chi connectivity index (χ0) is 39.0. The van der Waals surface area contributed by atoms with E-state index in [1.807, 2.05) is 0 Å². The summed E-state index contributed by atoms with van der Waals surface area (Å²) in [5, 5.41) is 0. The van der Waals surface area contributed by atoms with Crippen molar-refractivity contribution in [3.63, 3.8) is 0 Å². The van der Waals surface area contributed by atoms with Gasteiger partial charge in [0.05, 0.1) is 0 Å². The van der Waals surface area contributed by atoms with Gasteiger partial charge in [0.25, 0.3) is 0 Å². The van der Waals surface area contributed by atoms with Crippen molar-refractivity contribution in [3.05, 3.63) is 214 Å². The largest absolute Gasteiger partial charge is 0.310 e. The maximum atomic E-state index is 2.33. The summed E-state index contributed by atoms with van der Waals surface area (Å²) in [6.07, 6.45) is 8.73. The van der Waals surface area contributed by atoms with Crippen molar-refractivity contribution in [1.82, 2.24) is 0 Å². The number of aryl methyl sites for hydroxylation is 2. The minimum Gasteiger partial charge on any atom is -0.310 e. The second-order valence-electron chi connectivity index (χ2n) is 15.4. The van der Waals surface area contributed by atoms with E-state index < -0.39 is 0 Å². The molecule has 0 amide bonds. The molecule has 0 radical (unpaired) electrons. The molecule has 0 aromatic heterocycles. The summed E-state index contributed by atoms with van der Waals surface area (Å²) in [4.78, 5) is 4.66. The molecule has 0 unspecified atom stereocenters. The van der Waals surface area contributed by atoms with E-state index in [2.05, 4.69) is 246 Å². The lowest BCUT2D eigenvalue weighted by Gasteiger charge is -2.26. The first kappa shape index (κ1) is 37.9. The molecule has 0 saturated carbocycles. The fraction of sp³-hybridized carbons (Fsp3) is 0.148. The summed E-state index contributed by atoms with van der Waals surface area (Å²) in [6.45, 7) is 13.2. The van der Waals surface area contributed by atoms with E-state index in [1.165, 1.54) is 33.4 Å². The highest BCUT2D eigenvalue weighted by Gasteiger charge is 2.15. The van der Waals surface area contributed by atoms with Crippen LogP contribution in [0.2, 0.25) is 0 Å². The first-order chi connectivity index (χ1) is 27.2. The average Bonchev–Trinajstić information content (AvgIpc) is 3.21. The average molecular weight is 729 g/mol. The van der Waals surface area contributed by atoms with Crippen molar-refractivity contribution < 1.29 is 0 Å². The van der Waals surface area contributed by atoms with E-state index in [1.54, 1.807) is 0 Å². The molecule has 0 atom stereocenters. The molecule has 0 bridgehead atoms. The third-order valence-corrected chi connectivity index (χ3v) is 10.3. The Kier molecular flexibility index (Phi) is 11.8. The van der Waals surface area contributed by atoms with Crippen LogP contribution in [0, 0.1) is 13.8 Å². The molecule has 7 rings (SSSR count). The van der Waals surface area contributed by atoms with E-state index in [9.17, 15) is 0 Å². The van der Waals surface area contributed by atoms with Crippen molar-refractivity contribution in [1.29, 1.82) is 0 Å². The normalized spacial score (nSPS) is 11.6. The van der Waals surface area contributed by atoms with Gasteiger partial charge in [-0.2, -0.15) is 0 Å². The summed E-state index contributed by atoms with van der Waals surface area (Å²) >= 11 is 0. The number of rotatable bonds is 12. The van der Waals surface area contributed by atoms with Crippen LogP contribution in [-0.4, -0.2) is 0 Å².